The first-order chi connectivity index (χ1) is 13.5. The van der Waals surface area contributed by atoms with E-state index in [1.165, 1.54) is 30.9 Å². The van der Waals surface area contributed by atoms with Crippen LogP contribution in [0, 0.1) is 11.6 Å². The zero-order valence-electron chi connectivity index (χ0n) is 15.2. The molecule has 0 radical (unpaired) electrons. The third kappa shape index (κ3) is 2.91. The molecule has 1 unspecified atom stereocenters. The van der Waals surface area contributed by atoms with E-state index in [0.29, 0.717) is 18.8 Å². The maximum Gasteiger partial charge on any atom is 0.365 e. The van der Waals surface area contributed by atoms with Crippen LogP contribution in [0.3, 0.4) is 0 Å². The fraction of sp³-hybridized carbons (Fsp3) is 0.263. The topological polar surface area (TPSA) is 54.4 Å². The van der Waals surface area contributed by atoms with Gasteiger partial charge in [0.15, 0.2) is 4.87 Å². The Balaban J connectivity index is 1.86. The van der Waals surface area contributed by atoms with Crippen molar-refractivity contribution in [3.05, 3.63) is 65.2 Å². The predicted molar refractivity (Wildman–Crippen MR) is 101 cm³/mol. The van der Waals surface area contributed by atoms with Crippen LogP contribution in [0.4, 0.5) is 13.6 Å². The van der Waals surface area contributed by atoms with Crippen LogP contribution in [-0.4, -0.2) is 41.9 Å². The summed E-state index contributed by atoms with van der Waals surface area (Å²) < 4.78 is 33.9. The molecular weight excluding hydrogens is 388 g/mol. The molecule has 2 aromatic rings. The van der Waals surface area contributed by atoms with E-state index in [9.17, 15) is 13.6 Å². The van der Waals surface area contributed by atoms with Gasteiger partial charge in [0.25, 0.3) is 0 Å². The number of ether oxygens (including phenoxy) is 1. The highest BCUT2D eigenvalue weighted by Crippen LogP contribution is 2.54. The summed E-state index contributed by atoms with van der Waals surface area (Å²) in [6.07, 6.45) is 0.419. The van der Waals surface area contributed by atoms with Crippen molar-refractivity contribution >= 4 is 22.8 Å². The molecule has 2 amide bonds. The Morgan fingerprint density at radius 1 is 1.32 bits per heavy atom. The Labute approximate surface area is 164 Å². The number of hydrogen-bond donors (Lipinski definition) is 0. The molecule has 28 heavy (non-hydrogen) atoms. The summed E-state index contributed by atoms with van der Waals surface area (Å²) in [7, 11) is 2.82. The Morgan fingerprint density at radius 2 is 2.11 bits per heavy atom. The molecule has 0 N–H and O–H groups in total. The molecule has 9 heteroatoms. The van der Waals surface area contributed by atoms with Gasteiger partial charge in [-0.05, 0) is 24.3 Å². The number of carbonyl (C=O) groups is 1. The minimum absolute atomic E-state index is 0.00344. The van der Waals surface area contributed by atoms with Gasteiger partial charge in [0, 0.05) is 24.6 Å². The lowest BCUT2D eigenvalue weighted by Crippen LogP contribution is -2.48. The average molecular weight is 405 g/mol. The highest BCUT2D eigenvalue weighted by Gasteiger charge is 2.52. The third-order valence-electron chi connectivity index (χ3n) is 4.69. The van der Waals surface area contributed by atoms with E-state index >= 15 is 0 Å². The molecule has 2 aliphatic rings. The summed E-state index contributed by atoms with van der Waals surface area (Å²) in [6, 6.07) is 9.95. The number of hydroxylamine groups is 2. The molecule has 2 heterocycles. The smallest absolute Gasteiger partial charge is 0.365 e. The van der Waals surface area contributed by atoms with Gasteiger partial charge in [0.1, 0.15) is 22.4 Å². The van der Waals surface area contributed by atoms with Crippen molar-refractivity contribution in [1.82, 2.24) is 10.1 Å². The molecule has 146 valence electrons. The van der Waals surface area contributed by atoms with Crippen LogP contribution in [-0.2, 0) is 9.71 Å². The van der Waals surface area contributed by atoms with Gasteiger partial charge in [-0.2, -0.15) is 10.1 Å². The Kier molecular flexibility index (Phi) is 4.72. The highest BCUT2D eigenvalue weighted by atomic mass is 32.2. The largest absolute Gasteiger partial charge is 0.493 e. The zero-order chi connectivity index (χ0) is 19.9. The van der Waals surface area contributed by atoms with Gasteiger partial charge >= 0.3 is 6.03 Å². The minimum Gasteiger partial charge on any atom is -0.493 e. The predicted octanol–water partition coefficient (Wildman–Crippen LogP) is 3.92. The van der Waals surface area contributed by atoms with E-state index in [2.05, 4.69) is 5.10 Å². The minimum atomic E-state index is -0.952. The average Bonchev–Trinajstić information content (AvgIpc) is 3.08. The number of para-hydroxylation sites is 1. The number of benzene rings is 2. The van der Waals surface area contributed by atoms with E-state index in [4.69, 9.17) is 9.57 Å². The van der Waals surface area contributed by atoms with Gasteiger partial charge in [-0.1, -0.05) is 30.0 Å². The van der Waals surface area contributed by atoms with E-state index in [-0.39, 0.29) is 10.6 Å². The summed E-state index contributed by atoms with van der Waals surface area (Å²) in [5.41, 5.74) is 0.739. The summed E-state index contributed by atoms with van der Waals surface area (Å²) in [5.74, 6) is -0.576. The maximum atomic E-state index is 14.4. The number of hydrazone groups is 1. The quantitative estimate of drug-likeness (QED) is 0.711. The number of carbonyl (C=O) groups excluding carboxylic acids is 1. The van der Waals surface area contributed by atoms with Crippen LogP contribution in [0.5, 0.6) is 5.75 Å². The second kappa shape index (κ2) is 7.06. The van der Waals surface area contributed by atoms with Crippen LogP contribution in [0.2, 0.25) is 0 Å². The van der Waals surface area contributed by atoms with Crippen LogP contribution in [0.25, 0.3) is 0 Å². The lowest BCUT2D eigenvalue weighted by atomic mass is 9.99. The van der Waals surface area contributed by atoms with E-state index in [0.717, 1.165) is 28.8 Å². The summed E-state index contributed by atoms with van der Waals surface area (Å²) in [5, 5.41) is 6.90. The van der Waals surface area contributed by atoms with Crippen LogP contribution >= 0.6 is 11.8 Å². The molecule has 0 saturated carbocycles. The fourth-order valence-electron chi connectivity index (χ4n) is 3.25. The van der Waals surface area contributed by atoms with Crippen molar-refractivity contribution in [2.75, 3.05) is 20.8 Å². The molecule has 4 rings (SSSR count). The molecule has 0 fully saturated rings. The van der Waals surface area contributed by atoms with Crippen LogP contribution < -0.4 is 4.74 Å². The van der Waals surface area contributed by atoms with Crippen molar-refractivity contribution in [1.29, 1.82) is 0 Å². The van der Waals surface area contributed by atoms with E-state index < -0.39 is 22.5 Å². The number of urea groups is 1. The van der Waals surface area contributed by atoms with Gasteiger partial charge < -0.3 is 4.74 Å². The normalized spacial score (nSPS) is 20.6. The van der Waals surface area contributed by atoms with Crippen LogP contribution in [0.15, 0.2) is 47.6 Å². The van der Waals surface area contributed by atoms with Gasteiger partial charge in [0.2, 0.25) is 0 Å². The first kappa shape index (κ1) is 18.7. The zero-order valence-corrected chi connectivity index (χ0v) is 16.0. The number of amides is 2. The maximum absolute atomic E-state index is 14.4. The van der Waals surface area contributed by atoms with Crippen molar-refractivity contribution in [3.8, 4) is 5.75 Å². The number of halogens is 2. The van der Waals surface area contributed by atoms with Crippen molar-refractivity contribution < 1.29 is 23.1 Å². The third-order valence-corrected chi connectivity index (χ3v) is 6.12. The summed E-state index contributed by atoms with van der Waals surface area (Å²) in [4.78, 5) is 17.1. The Morgan fingerprint density at radius 3 is 2.89 bits per heavy atom. The molecule has 1 spiro atoms. The van der Waals surface area contributed by atoms with E-state index in [1.807, 2.05) is 18.2 Å². The lowest BCUT2D eigenvalue weighted by molar-refractivity contribution is -0.0814. The summed E-state index contributed by atoms with van der Waals surface area (Å²) in [6.45, 7) is 0.346. The second-order valence-corrected chi connectivity index (χ2v) is 7.55. The number of nitrogens with zero attached hydrogens (tertiary/aromatic N) is 3. The van der Waals surface area contributed by atoms with Crippen molar-refractivity contribution in [2.45, 2.75) is 11.3 Å². The van der Waals surface area contributed by atoms with Gasteiger partial charge in [0.05, 0.1) is 13.7 Å². The molecule has 2 aliphatic heterocycles. The molecule has 2 aromatic carbocycles. The van der Waals surface area contributed by atoms with Gasteiger partial charge in [-0.3, -0.25) is 4.84 Å². The van der Waals surface area contributed by atoms with Gasteiger partial charge in [-0.15, -0.1) is 0 Å². The monoisotopic (exact) mass is 405 g/mol. The SMILES string of the molecule is CON(C)C(=O)N1N=C(c2cc(F)ccc2F)SC12CCOc1ccccc12. The molecule has 0 aliphatic carbocycles. The van der Waals surface area contributed by atoms with E-state index in [1.54, 1.807) is 6.07 Å². The Bertz CT molecular complexity index is 971. The number of thioether (sulfide) groups is 1. The molecule has 0 aromatic heterocycles. The molecule has 1 atom stereocenters. The molecule has 6 nitrogen and oxygen atoms in total. The Hall–Kier alpha value is -2.65. The highest BCUT2D eigenvalue weighted by molar-refractivity contribution is 8.15. The van der Waals surface area contributed by atoms with Crippen molar-refractivity contribution in [3.63, 3.8) is 0 Å². The molecule has 0 saturated heterocycles. The molecular formula is C19H17F2N3O3S. The van der Waals surface area contributed by atoms with Crippen molar-refractivity contribution in [2.24, 2.45) is 5.10 Å². The second-order valence-electron chi connectivity index (χ2n) is 6.28. The lowest BCUT2D eigenvalue weighted by Gasteiger charge is -2.40. The summed E-state index contributed by atoms with van der Waals surface area (Å²) >= 11 is 1.20. The van der Waals surface area contributed by atoms with Gasteiger partial charge in [-0.25, -0.2) is 18.6 Å². The first-order valence-corrected chi connectivity index (χ1v) is 9.35. The number of hydrogen-bond acceptors (Lipinski definition) is 5. The fourth-order valence-corrected chi connectivity index (χ4v) is 4.63. The first-order valence-electron chi connectivity index (χ1n) is 8.53. The number of fused-ring (bicyclic) bond motifs is 2. The molecule has 0 bridgehead atoms. The van der Waals surface area contributed by atoms with Crippen LogP contribution in [0.1, 0.15) is 17.5 Å². The standard InChI is InChI=1S/C19H17F2N3O3S/c1-23(26-2)18(25)24-19(9-10-27-16-6-4-3-5-14(16)19)28-17(22-24)13-11-12(20)7-8-15(13)21/h3-8,11H,9-10H2,1-2H3. The number of rotatable bonds is 2.